The number of carbonyl (C=O) groups is 2. The fraction of sp³-hybridized carbons (Fsp3) is 0.243. The Kier molecular flexibility index (Phi) is 7.97. The van der Waals surface area contributed by atoms with Crippen molar-refractivity contribution in [1.29, 1.82) is 0 Å². The van der Waals surface area contributed by atoms with Crippen LogP contribution in [0, 0.1) is 13.8 Å². The van der Waals surface area contributed by atoms with E-state index in [9.17, 15) is 9.59 Å². The summed E-state index contributed by atoms with van der Waals surface area (Å²) in [6.45, 7) is 8.01. The second-order valence-corrected chi connectivity index (χ2v) is 11.6. The highest BCUT2D eigenvalue weighted by Crippen LogP contribution is 2.26. The van der Waals surface area contributed by atoms with Gasteiger partial charge in [0.25, 0.3) is 11.8 Å². The molecule has 44 heavy (non-hydrogen) atoms. The van der Waals surface area contributed by atoms with Gasteiger partial charge >= 0.3 is 0 Å². The molecule has 0 aliphatic carbocycles. The van der Waals surface area contributed by atoms with E-state index in [0.29, 0.717) is 35.0 Å². The highest BCUT2D eigenvalue weighted by atomic mass is 16.2. The van der Waals surface area contributed by atoms with Gasteiger partial charge in [-0.2, -0.15) is 0 Å². The van der Waals surface area contributed by atoms with Gasteiger partial charge in [-0.3, -0.25) is 9.59 Å². The summed E-state index contributed by atoms with van der Waals surface area (Å²) in [5, 5.41) is 10.2. The van der Waals surface area contributed by atoms with Crippen LogP contribution in [0.3, 0.4) is 0 Å². The molecule has 6 aromatic rings. The maximum absolute atomic E-state index is 13.7. The van der Waals surface area contributed by atoms with Crippen LogP contribution in [0.5, 0.6) is 0 Å². The van der Waals surface area contributed by atoms with E-state index < -0.39 is 6.04 Å². The smallest absolute Gasteiger partial charge is 0.253 e. The summed E-state index contributed by atoms with van der Waals surface area (Å²) in [6, 6.07) is 26.3. The number of aryl methyl sites for hydroxylation is 2. The van der Waals surface area contributed by atoms with Crippen LogP contribution in [0.15, 0.2) is 84.9 Å². The molecule has 4 N–H and O–H groups in total. The molecule has 0 spiro atoms. The van der Waals surface area contributed by atoms with Gasteiger partial charge in [-0.25, -0.2) is 9.97 Å². The monoisotopic (exact) mass is 583 g/mol. The van der Waals surface area contributed by atoms with Gasteiger partial charge in [0.2, 0.25) is 0 Å². The third-order valence-corrected chi connectivity index (χ3v) is 8.67. The molecule has 2 heterocycles. The lowest BCUT2D eigenvalue weighted by Crippen LogP contribution is -2.58. The average Bonchev–Trinajstić information content (AvgIpc) is 3.03. The van der Waals surface area contributed by atoms with Crippen LogP contribution in [0.2, 0.25) is 0 Å². The number of pyridine rings is 2. The minimum absolute atomic E-state index is 0.236. The number of carbonyl (C=O) groups excluding carboxylic acids is 2. The molecule has 2 unspecified atom stereocenters. The number of fused-ring (bicyclic) bond motifs is 4. The van der Waals surface area contributed by atoms with E-state index >= 15 is 0 Å². The van der Waals surface area contributed by atoms with E-state index in [4.69, 9.17) is 15.7 Å². The Morgan fingerprint density at radius 3 is 1.36 bits per heavy atom. The van der Waals surface area contributed by atoms with Crippen LogP contribution in [-0.4, -0.2) is 39.9 Å². The van der Waals surface area contributed by atoms with E-state index in [0.717, 1.165) is 43.7 Å². The molecule has 0 aliphatic rings. The van der Waals surface area contributed by atoms with E-state index in [-0.39, 0.29) is 23.9 Å². The predicted molar refractivity (Wildman–Crippen MR) is 179 cm³/mol. The standard InChI is InChI=1S/C37H37N5O2/c1-5-29(39-36(43)27-17-9-15-25-19-23-13-7-11-21(3)32(23)41-34(25)27)31(38)30(6-2)40-37(44)28-18-10-16-26-20-24-14-8-12-22(4)33(24)42-35(26)28/h7-20,29-31H,5-6,38H2,1-4H3,(H,39,43)(H,40,44). The summed E-state index contributed by atoms with van der Waals surface area (Å²) in [4.78, 5) is 37.2. The minimum atomic E-state index is -0.519. The van der Waals surface area contributed by atoms with Crippen molar-refractivity contribution in [3.05, 3.63) is 107 Å². The summed E-state index contributed by atoms with van der Waals surface area (Å²) in [6.07, 6.45) is 1.20. The number of para-hydroxylation sites is 4. The Bertz CT molecular complexity index is 1910. The van der Waals surface area contributed by atoms with E-state index in [1.165, 1.54) is 0 Å². The summed E-state index contributed by atoms with van der Waals surface area (Å²) in [5.74, 6) is -0.472. The summed E-state index contributed by atoms with van der Waals surface area (Å²) in [7, 11) is 0. The van der Waals surface area contributed by atoms with E-state index in [1.54, 1.807) is 12.1 Å². The van der Waals surface area contributed by atoms with Crippen molar-refractivity contribution < 1.29 is 9.59 Å². The first kappa shape index (κ1) is 29.2. The molecule has 6 rings (SSSR count). The third kappa shape index (κ3) is 5.35. The quantitative estimate of drug-likeness (QED) is 0.172. The number of hydrogen-bond donors (Lipinski definition) is 3. The van der Waals surface area contributed by atoms with Gasteiger partial charge in [0.05, 0.1) is 33.2 Å². The largest absolute Gasteiger partial charge is 0.348 e. The van der Waals surface area contributed by atoms with Crippen LogP contribution < -0.4 is 16.4 Å². The molecule has 0 fully saturated rings. The maximum Gasteiger partial charge on any atom is 0.253 e. The van der Waals surface area contributed by atoms with Crippen molar-refractivity contribution in [3.8, 4) is 0 Å². The minimum Gasteiger partial charge on any atom is -0.348 e. The predicted octanol–water partition coefficient (Wildman–Crippen LogP) is 6.75. The fourth-order valence-corrected chi connectivity index (χ4v) is 6.15. The molecular weight excluding hydrogens is 546 g/mol. The van der Waals surface area contributed by atoms with E-state index in [2.05, 4.69) is 22.8 Å². The molecule has 0 radical (unpaired) electrons. The average molecular weight is 584 g/mol. The molecule has 7 heteroatoms. The van der Waals surface area contributed by atoms with Crippen molar-refractivity contribution >= 4 is 55.4 Å². The Hall–Kier alpha value is -4.88. The fourth-order valence-electron chi connectivity index (χ4n) is 6.15. The van der Waals surface area contributed by atoms with Gasteiger partial charge in [-0.05, 0) is 62.1 Å². The van der Waals surface area contributed by atoms with Crippen LogP contribution >= 0.6 is 0 Å². The lowest BCUT2D eigenvalue weighted by atomic mass is 9.95. The highest BCUT2D eigenvalue weighted by molar-refractivity contribution is 6.09. The molecule has 7 nitrogen and oxygen atoms in total. The number of nitrogens with one attached hydrogen (secondary N) is 2. The maximum atomic E-state index is 13.7. The highest BCUT2D eigenvalue weighted by Gasteiger charge is 2.28. The van der Waals surface area contributed by atoms with Crippen LogP contribution in [0.1, 0.15) is 58.5 Å². The number of amides is 2. The van der Waals surface area contributed by atoms with Crippen molar-refractivity contribution in [3.63, 3.8) is 0 Å². The second-order valence-electron chi connectivity index (χ2n) is 11.6. The molecule has 0 bridgehead atoms. The molecule has 2 aromatic heterocycles. The molecule has 0 aliphatic heterocycles. The van der Waals surface area contributed by atoms with Crippen molar-refractivity contribution in [2.75, 3.05) is 0 Å². The van der Waals surface area contributed by atoms with Gasteiger partial charge in [-0.15, -0.1) is 0 Å². The van der Waals surface area contributed by atoms with Gasteiger partial charge in [0.1, 0.15) is 0 Å². The van der Waals surface area contributed by atoms with Crippen LogP contribution in [0.4, 0.5) is 0 Å². The molecule has 0 saturated carbocycles. The number of nitrogens with two attached hydrogens (primary N) is 1. The molecular formula is C37H37N5O2. The SMILES string of the molecule is CCC(NC(=O)c1cccc2cc3cccc(C)c3nc12)C(N)C(CC)NC(=O)c1cccc2cc3cccc(C)c3nc12. The molecule has 222 valence electrons. The molecule has 4 aromatic carbocycles. The molecule has 2 atom stereocenters. The van der Waals surface area contributed by atoms with Crippen LogP contribution in [-0.2, 0) is 0 Å². The van der Waals surface area contributed by atoms with Crippen molar-refractivity contribution in [2.24, 2.45) is 5.73 Å². The first-order valence-corrected chi connectivity index (χ1v) is 15.2. The van der Waals surface area contributed by atoms with Gasteiger partial charge in [0.15, 0.2) is 0 Å². The Balaban J connectivity index is 1.25. The number of aromatic nitrogens is 2. The zero-order chi connectivity index (χ0) is 31.0. The first-order valence-electron chi connectivity index (χ1n) is 15.2. The summed E-state index contributed by atoms with van der Waals surface area (Å²) in [5.41, 5.74) is 13.0. The Morgan fingerprint density at radius 2 is 0.977 bits per heavy atom. The lowest BCUT2D eigenvalue weighted by Gasteiger charge is -2.31. The van der Waals surface area contributed by atoms with Gasteiger partial charge < -0.3 is 16.4 Å². The molecule has 0 saturated heterocycles. The first-order chi connectivity index (χ1) is 21.3. The van der Waals surface area contributed by atoms with Gasteiger partial charge in [-0.1, -0.05) is 74.5 Å². The third-order valence-electron chi connectivity index (χ3n) is 8.67. The zero-order valence-electron chi connectivity index (χ0n) is 25.5. The van der Waals surface area contributed by atoms with Gasteiger partial charge in [0, 0.05) is 39.7 Å². The normalized spacial score (nSPS) is 13.7. The number of benzene rings is 4. The van der Waals surface area contributed by atoms with Crippen molar-refractivity contribution in [1.82, 2.24) is 20.6 Å². The van der Waals surface area contributed by atoms with E-state index in [1.807, 2.05) is 88.4 Å². The topological polar surface area (TPSA) is 110 Å². The Labute approximate surface area is 256 Å². The summed E-state index contributed by atoms with van der Waals surface area (Å²) >= 11 is 0. The number of hydrogen-bond acceptors (Lipinski definition) is 5. The zero-order valence-corrected chi connectivity index (χ0v) is 25.5. The number of rotatable bonds is 8. The lowest BCUT2D eigenvalue weighted by molar-refractivity contribution is 0.0909. The molecule has 2 amide bonds. The summed E-state index contributed by atoms with van der Waals surface area (Å²) < 4.78 is 0. The number of nitrogens with zero attached hydrogens (tertiary/aromatic N) is 2. The second kappa shape index (κ2) is 12.0. The van der Waals surface area contributed by atoms with Crippen molar-refractivity contribution in [2.45, 2.75) is 58.7 Å². The Morgan fingerprint density at radius 1 is 0.614 bits per heavy atom. The van der Waals surface area contributed by atoms with Crippen LogP contribution in [0.25, 0.3) is 43.6 Å².